The monoisotopic (exact) mass is 229 g/mol. The molecule has 0 radical (unpaired) electrons. The molecule has 16 heavy (non-hydrogen) atoms. The minimum atomic E-state index is -4.31. The number of anilines is 1. The normalized spacial score (nSPS) is 10.5. The standard InChI is InChI=1S/C11H10F3NO/c12-11(13,14)9-3-5-10(6-4-9)15-7-1-2-8-16/h3-6,15-16H,7-8H2. The SMILES string of the molecule is OCC#CCNc1ccc(C(F)(F)F)cc1. The molecule has 2 nitrogen and oxygen atoms in total. The summed E-state index contributed by atoms with van der Waals surface area (Å²) in [6.07, 6.45) is -4.31. The van der Waals surface area contributed by atoms with Crippen molar-refractivity contribution in [2.24, 2.45) is 0 Å². The van der Waals surface area contributed by atoms with E-state index in [9.17, 15) is 13.2 Å². The number of aliphatic hydroxyl groups is 1. The van der Waals surface area contributed by atoms with Crippen LogP contribution in [0, 0.1) is 11.8 Å². The highest BCUT2D eigenvalue weighted by Gasteiger charge is 2.29. The highest BCUT2D eigenvalue weighted by molar-refractivity contribution is 5.46. The molecule has 0 saturated carbocycles. The molecule has 2 N–H and O–H groups in total. The molecule has 0 unspecified atom stereocenters. The highest BCUT2D eigenvalue weighted by atomic mass is 19.4. The zero-order valence-electron chi connectivity index (χ0n) is 8.30. The van der Waals surface area contributed by atoms with Crippen LogP contribution in [0.1, 0.15) is 5.56 Å². The molecule has 5 heteroatoms. The summed E-state index contributed by atoms with van der Waals surface area (Å²) in [7, 11) is 0. The van der Waals surface area contributed by atoms with Crippen LogP contribution in [0.4, 0.5) is 18.9 Å². The molecular weight excluding hydrogens is 219 g/mol. The lowest BCUT2D eigenvalue weighted by atomic mass is 10.2. The van der Waals surface area contributed by atoms with Crippen LogP contribution in [0.3, 0.4) is 0 Å². The summed E-state index contributed by atoms with van der Waals surface area (Å²) in [6.45, 7) is 0.0562. The number of rotatable bonds is 2. The minimum Gasteiger partial charge on any atom is -0.384 e. The van der Waals surface area contributed by atoms with Crippen LogP contribution in [0.15, 0.2) is 24.3 Å². The summed E-state index contributed by atoms with van der Waals surface area (Å²) >= 11 is 0. The molecule has 0 aliphatic carbocycles. The summed E-state index contributed by atoms with van der Waals surface area (Å²) in [6, 6.07) is 4.68. The second-order valence-electron chi connectivity index (χ2n) is 2.94. The molecule has 1 aromatic carbocycles. The maximum atomic E-state index is 12.2. The average Bonchev–Trinajstić information content (AvgIpc) is 2.24. The van der Waals surface area contributed by atoms with E-state index in [1.165, 1.54) is 12.1 Å². The van der Waals surface area contributed by atoms with Crippen LogP contribution in [0.5, 0.6) is 0 Å². The Bertz CT molecular complexity index is 386. The number of aliphatic hydroxyl groups excluding tert-OH is 1. The molecule has 0 bridgehead atoms. The van der Waals surface area contributed by atoms with Gasteiger partial charge >= 0.3 is 6.18 Å². The lowest BCUT2D eigenvalue weighted by Crippen LogP contribution is -2.05. The highest BCUT2D eigenvalue weighted by Crippen LogP contribution is 2.29. The van der Waals surface area contributed by atoms with Crippen LogP contribution >= 0.6 is 0 Å². The third-order valence-corrected chi connectivity index (χ3v) is 1.80. The van der Waals surface area contributed by atoms with Gasteiger partial charge in [0.05, 0.1) is 12.1 Å². The minimum absolute atomic E-state index is 0.227. The summed E-state index contributed by atoms with van der Waals surface area (Å²) in [5.74, 6) is 5.01. The van der Waals surface area contributed by atoms with Crippen LogP contribution in [0.25, 0.3) is 0 Å². The molecule has 0 heterocycles. The van der Waals surface area contributed by atoms with Crippen molar-refractivity contribution in [3.8, 4) is 11.8 Å². The number of nitrogens with one attached hydrogen (secondary N) is 1. The van der Waals surface area contributed by atoms with E-state index in [0.717, 1.165) is 12.1 Å². The molecule has 0 aromatic heterocycles. The third kappa shape index (κ3) is 3.83. The zero-order chi connectivity index (χ0) is 12.0. The van der Waals surface area contributed by atoms with Gasteiger partial charge in [0.25, 0.3) is 0 Å². The first-order valence-electron chi connectivity index (χ1n) is 4.52. The number of halogens is 3. The lowest BCUT2D eigenvalue weighted by Gasteiger charge is -2.07. The first-order valence-corrected chi connectivity index (χ1v) is 4.52. The van der Waals surface area contributed by atoms with Gasteiger partial charge < -0.3 is 10.4 Å². The Balaban J connectivity index is 2.58. The summed E-state index contributed by atoms with van der Waals surface area (Å²) in [5.41, 5.74) is -0.125. The van der Waals surface area contributed by atoms with E-state index in [4.69, 9.17) is 5.11 Å². The maximum absolute atomic E-state index is 12.2. The summed E-state index contributed by atoms with van der Waals surface area (Å²) < 4.78 is 36.6. The Kier molecular flexibility index (Phi) is 4.20. The van der Waals surface area contributed by atoms with Gasteiger partial charge in [0, 0.05) is 5.69 Å². The average molecular weight is 229 g/mol. The number of alkyl halides is 3. The van der Waals surface area contributed by atoms with Crippen molar-refractivity contribution >= 4 is 5.69 Å². The van der Waals surface area contributed by atoms with Crippen molar-refractivity contribution in [3.63, 3.8) is 0 Å². The molecule has 0 atom stereocenters. The molecule has 0 spiro atoms. The summed E-state index contributed by atoms with van der Waals surface area (Å²) in [4.78, 5) is 0. The first kappa shape index (κ1) is 12.4. The molecule has 0 amide bonds. The Hall–Kier alpha value is -1.67. The fraction of sp³-hybridized carbons (Fsp3) is 0.273. The number of hydrogen-bond acceptors (Lipinski definition) is 2. The van der Waals surface area contributed by atoms with Crippen LogP contribution in [-0.2, 0) is 6.18 Å². The quantitative estimate of drug-likeness (QED) is 0.761. The van der Waals surface area contributed by atoms with Gasteiger partial charge in [-0.3, -0.25) is 0 Å². The van der Waals surface area contributed by atoms with Crippen molar-refractivity contribution in [1.82, 2.24) is 0 Å². The van der Waals surface area contributed by atoms with E-state index in [1.54, 1.807) is 0 Å². The van der Waals surface area contributed by atoms with Gasteiger partial charge in [-0.25, -0.2) is 0 Å². The molecule has 1 aromatic rings. The van der Waals surface area contributed by atoms with Gasteiger partial charge in [0.2, 0.25) is 0 Å². The van der Waals surface area contributed by atoms with Crippen molar-refractivity contribution in [1.29, 1.82) is 0 Å². The van der Waals surface area contributed by atoms with E-state index >= 15 is 0 Å². The van der Waals surface area contributed by atoms with Crippen molar-refractivity contribution < 1.29 is 18.3 Å². The van der Waals surface area contributed by atoms with Gasteiger partial charge in [-0.2, -0.15) is 13.2 Å². The molecule has 0 saturated heterocycles. The predicted molar refractivity (Wildman–Crippen MR) is 54.8 cm³/mol. The van der Waals surface area contributed by atoms with Crippen LogP contribution < -0.4 is 5.32 Å². The molecule has 1 rings (SSSR count). The van der Waals surface area contributed by atoms with Crippen LogP contribution in [0.2, 0.25) is 0 Å². The maximum Gasteiger partial charge on any atom is 0.416 e. The fourth-order valence-electron chi connectivity index (χ4n) is 1.04. The molecule has 0 fully saturated rings. The van der Waals surface area contributed by atoms with Crippen molar-refractivity contribution in [2.75, 3.05) is 18.5 Å². The van der Waals surface area contributed by atoms with E-state index in [1.807, 2.05) is 0 Å². The Morgan fingerprint density at radius 3 is 2.25 bits per heavy atom. The van der Waals surface area contributed by atoms with E-state index < -0.39 is 11.7 Å². The fourth-order valence-corrected chi connectivity index (χ4v) is 1.04. The van der Waals surface area contributed by atoms with Gasteiger partial charge in [0.15, 0.2) is 0 Å². The van der Waals surface area contributed by atoms with Gasteiger partial charge in [-0.15, -0.1) is 0 Å². The first-order chi connectivity index (χ1) is 7.54. The predicted octanol–water partition coefficient (Wildman–Crippen LogP) is 2.11. The molecule has 86 valence electrons. The van der Waals surface area contributed by atoms with Gasteiger partial charge in [-0.1, -0.05) is 11.8 Å². The largest absolute Gasteiger partial charge is 0.416 e. The van der Waals surface area contributed by atoms with Crippen LogP contribution in [-0.4, -0.2) is 18.3 Å². The molecular formula is C11H10F3NO. The van der Waals surface area contributed by atoms with E-state index in [2.05, 4.69) is 17.2 Å². The molecule has 0 aliphatic rings. The molecule has 0 aliphatic heterocycles. The van der Waals surface area contributed by atoms with E-state index in [0.29, 0.717) is 5.69 Å². The van der Waals surface area contributed by atoms with E-state index in [-0.39, 0.29) is 13.2 Å². The smallest absolute Gasteiger partial charge is 0.384 e. The van der Waals surface area contributed by atoms with Crippen molar-refractivity contribution in [3.05, 3.63) is 29.8 Å². The number of benzene rings is 1. The van der Waals surface area contributed by atoms with Gasteiger partial charge in [0.1, 0.15) is 6.61 Å². The second kappa shape index (κ2) is 5.42. The third-order valence-electron chi connectivity index (χ3n) is 1.80. The Morgan fingerprint density at radius 1 is 1.12 bits per heavy atom. The lowest BCUT2D eigenvalue weighted by molar-refractivity contribution is -0.137. The zero-order valence-corrected chi connectivity index (χ0v) is 8.30. The number of hydrogen-bond donors (Lipinski definition) is 2. The topological polar surface area (TPSA) is 32.3 Å². The van der Waals surface area contributed by atoms with Gasteiger partial charge in [-0.05, 0) is 24.3 Å². The second-order valence-corrected chi connectivity index (χ2v) is 2.94. The summed E-state index contributed by atoms with van der Waals surface area (Å²) in [5, 5.41) is 11.2. The van der Waals surface area contributed by atoms with Crippen molar-refractivity contribution in [2.45, 2.75) is 6.18 Å². The Labute approximate surface area is 91.1 Å². The Morgan fingerprint density at radius 2 is 1.75 bits per heavy atom.